The lowest BCUT2D eigenvalue weighted by Crippen LogP contribution is -2.37. The van der Waals surface area contributed by atoms with Gasteiger partial charge in [0.2, 0.25) is 4.77 Å². The van der Waals surface area contributed by atoms with Gasteiger partial charge in [0.1, 0.15) is 12.1 Å². The minimum Gasteiger partial charge on any atom is -0.379 e. The molecule has 0 atom stereocenters. The SMILES string of the molecule is Fc1ccccc1-n1cnn(CN2CCOCC2)c1=S. The molecule has 0 amide bonds. The van der Waals surface area contributed by atoms with E-state index in [-0.39, 0.29) is 5.82 Å². The van der Waals surface area contributed by atoms with Crippen LogP contribution in [0.15, 0.2) is 30.6 Å². The molecule has 20 heavy (non-hydrogen) atoms. The van der Waals surface area contributed by atoms with Gasteiger partial charge in [0.15, 0.2) is 0 Å². The second-order valence-corrected chi connectivity index (χ2v) is 4.97. The Hall–Kier alpha value is -1.57. The highest BCUT2D eigenvalue weighted by molar-refractivity contribution is 7.71. The van der Waals surface area contributed by atoms with Gasteiger partial charge >= 0.3 is 0 Å². The van der Waals surface area contributed by atoms with Crippen LogP contribution in [0.4, 0.5) is 4.39 Å². The van der Waals surface area contributed by atoms with Crippen molar-refractivity contribution in [2.24, 2.45) is 0 Å². The third kappa shape index (κ3) is 2.65. The third-order valence-corrected chi connectivity index (χ3v) is 3.69. The summed E-state index contributed by atoms with van der Waals surface area (Å²) in [4.78, 5) is 2.21. The van der Waals surface area contributed by atoms with E-state index in [2.05, 4.69) is 10.00 Å². The molecule has 0 N–H and O–H groups in total. The number of morpholine rings is 1. The number of para-hydroxylation sites is 1. The molecule has 1 aromatic carbocycles. The maximum Gasteiger partial charge on any atom is 0.203 e. The number of nitrogens with zero attached hydrogens (tertiary/aromatic N) is 4. The molecule has 0 spiro atoms. The van der Waals surface area contributed by atoms with Gasteiger partial charge in [-0.05, 0) is 24.4 Å². The van der Waals surface area contributed by atoms with Crippen LogP contribution in [0.1, 0.15) is 0 Å². The highest BCUT2D eigenvalue weighted by Gasteiger charge is 2.13. The molecule has 2 aromatic rings. The number of ether oxygens (including phenoxy) is 1. The zero-order valence-electron chi connectivity index (χ0n) is 10.9. The molecule has 0 aliphatic carbocycles. The minimum atomic E-state index is -0.311. The predicted octanol–water partition coefficient (Wildman–Crippen LogP) is 1.83. The molecule has 106 valence electrons. The maximum atomic E-state index is 13.8. The molecule has 1 aromatic heterocycles. The second kappa shape index (κ2) is 5.82. The third-order valence-electron chi connectivity index (χ3n) is 3.28. The Kier molecular flexibility index (Phi) is 3.90. The molecule has 0 saturated carbocycles. The first-order valence-corrected chi connectivity index (χ1v) is 6.86. The van der Waals surface area contributed by atoms with E-state index < -0.39 is 0 Å². The Morgan fingerprint density at radius 2 is 2.00 bits per heavy atom. The summed E-state index contributed by atoms with van der Waals surface area (Å²) in [5, 5.41) is 4.25. The lowest BCUT2D eigenvalue weighted by molar-refractivity contribution is 0.0210. The van der Waals surface area contributed by atoms with Crippen molar-refractivity contribution in [1.29, 1.82) is 0 Å². The number of halogens is 1. The van der Waals surface area contributed by atoms with E-state index in [1.165, 1.54) is 6.07 Å². The summed E-state index contributed by atoms with van der Waals surface area (Å²) in [5.74, 6) is -0.311. The fourth-order valence-corrected chi connectivity index (χ4v) is 2.43. The van der Waals surface area contributed by atoms with E-state index in [1.807, 2.05) is 0 Å². The van der Waals surface area contributed by atoms with E-state index in [9.17, 15) is 4.39 Å². The van der Waals surface area contributed by atoms with Crippen LogP contribution in [0.3, 0.4) is 0 Å². The summed E-state index contributed by atoms with van der Waals surface area (Å²) in [7, 11) is 0. The van der Waals surface area contributed by atoms with Gasteiger partial charge in [-0.1, -0.05) is 12.1 Å². The first-order valence-electron chi connectivity index (χ1n) is 6.45. The Morgan fingerprint density at radius 1 is 1.25 bits per heavy atom. The Labute approximate surface area is 121 Å². The Morgan fingerprint density at radius 3 is 2.75 bits per heavy atom. The molecule has 5 nitrogen and oxygen atoms in total. The quantitative estimate of drug-likeness (QED) is 0.809. The highest BCUT2D eigenvalue weighted by Crippen LogP contribution is 2.13. The van der Waals surface area contributed by atoms with E-state index in [0.717, 1.165) is 26.3 Å². The normalized spacial score (nSPS) is 16.4. The van der Waals surface area contributed by atoms with Crippen molar-refractivity contribution in [1.82, 2.24) is 19.2 Å². The number of benzene rings is 1. The van der Waals surface area contributed by atoms with E-state index in [1.54, 1.807) is 33.8 Å². The maximum absolute atomic E-state index is 13.8. The van der Waals surface area contributed by atoms with E-state index in [4.69, 9.17) is 17.0 Å². The van der Waals surface area contributed by atoms with Gasteiger partial charge in [-0.2, -0.15) is 5.10 Å². The number of rotatable bonds is 3. The van der Waals surface area contributed by atoms with Crippen LogP contribution < -0.4 is 0 Å². The van der Waals surface area contributed by atoms with Crippen LogP contribution in [0, 0.1) is 10.6 Å². The van der Waals surface area contributed by atoms with Crippen molar-refractivity contribution >= 4 is 12.2 Å². The van der Waals surface area contributed by atoms with Crippen LogP contribution in [0.25, 0.3) is 5.69 Å². The lowest BCUT2D eigenvalue weighted by atomic mass is 10.3. The molecule has 1 saturated heterocycles. The summed E-state index contributed by atoms with van der Waals surface area (Å²) in [6.07, 6.45) is 1.56. The number of hydrogen-bond donors (Lipinski definition) is 0. The van der Waals surface area contributed by atoms with Gasteiger partial charge in [0.05, 0.1) is 25.6 Å². The number of hydrogen-bond acceptors (Lipinski definition) is 4. The first kappa shape index (κ1) is 13.4. The summed E-state index contributed by atoms with van der Waals surface area (Å²) < 4.78 is 22.9. The van der Waals surface area contributed by atoms with Gasteiger partial charge in [-0.25, -0.2) is 9.07 Å². The van der Waals surface area contributed by atoms with Crippen molar-refractivity contribution in [2.75, 3.05) is 26.3 Å². The van der Waals surface area contributed by atoms with Crippen molar-refractivity contribution in [3.63, 3.8) is 0 Å². The Bertz CT molecular complexity index is 648. The molecular formula is C13H15FN4OS. The minimum absolute atomic E-state index is 0.311. The zero-order chi connectivity index (χ0) is 13.9. The fraction of sp³-hybridized carbons (Fsp3) is 0.385. The Balaban J connectivity index is 1.85. The molecule has 0 radical (unpaired) electrons. The van der Waals surface area contributed by atoms with Crippen molar-refractivity contribution < 1.29 is 9.13 Å². The standard InChI is InChI=1S/C13H15FN4OS/c14-11-3-1-2-4-12(11)17-9-15-18(13(17)20)10-16-5-7-19-8-6-16/h1-4,9H,5-8,10H2. The molecule has 3 rings (SSSR count). The zero-order valence-corrected chi connectivity index (χ0v) is 11.7. The molecule has 1 fully saturated rings. The van der Waals surface area contributed by atoms with Gasteiger partial charge in [0.25, 0.3) is 0 Å². The average Bonchev–Trinajstić information content (AvgIpc) is 2.82. The van der Waals surface area contributed by atoms with Gasteiger partial charge in [-0.3, -0.25) is 9.47 Å². The topological polar surface area (TPSA) is 35.2 Å². The van der Waals surface area contributed by atoms with Crippen molar-refractivity contribution in [3.05, 3.63) is 41.2 Å². The summed E-state index contributed by atoms with van der Waals surface area (Å²) in [5.41, 5.74) is 0.422. The van der Waals surface area contributed by atoms with Gasteiger partial charge in [0, 0.05) is 13.1 Å². The highest BCUT2D eigenvalue weighted by atomic mass is 32.1. The molecule has 0 bridgehead atoms. The fourth-order valence-electron chi connectivity index (χ4n) is 2.18. The van der Waals surface area contributed by atoms with Gasteiger partial charge < -0.3 is 4.74 Å². The summed E-state index contributed by atoms with van der Waals surface area (Å²) in [6, 6.07) is 6.53. The average molecular weight is 294 g/mol. The van der Waals surface area contributed by atoms with Crippen molar-refractivity contribution in [3.8, 4) is 5.69 Å². The van der Waals surface area contributed by atoms with Crippen LogP contribution in [-0.2, 0) is 11.4 Å². The smallest absolute Gasteiger partial charge is 0.203 e. The second-order valence-electron chi connectivity index (χ2n) is 4.61. The van der Waals surface area contributed by atoms with E-state index in [0.29, 0.717) is 17.1 Å². The largest absolute Gasteiger partial charge is 0.379 e. The van der Waals surface area contributed by atoms with Crippen molar-refractivity contribution in [2.45, 2.75) is 6.67 Å². The number of aromatic nitrogens is 3. The van der Waals surface area contributed by atoms with Gasteiger partial charge in [-0.15, -0.1) is 0 Å². The van der Waals surface area contributed by atoms with E-state index >= 15 is 0 Å². The van der Waals surface area contributed by atoms with Crippen LogP contribution >= 0.6 is 12.2 Å². The molecular weight excluding hydrogens is 279 g/mol. The molecule has 7 heteroatoms. The monoisotopic (exact) mass is 294 g/mol. The summed E-state index contributed by atoms with van der Waals surface area (Å²) in [6.45, 7) is 3.76. The summed E-state index contributed by atoms with van der Waals surface area (Å²) >= 11 is 5.37. The molecule has 1 aliphatic heterocycles. The lowest BCUT2D eigenvalue weighted by Gasteiger charge is -2.26. The predicted molar refractivity (Wildman–Crippen MR) is 74.7 cm³/mol. The van der Waals surface area contributed by atoms with Crippen LogP contribution in [0.5, 0.6) is 0 Å². The van der Waals surface area contributed by atoms with Crippen LogP contribution in [-0.4, -0.2) is 45.6 Å². The molecule has 2 heterocycles. The molecule has 0 unspecified atom stereocenters. The first-order chi connectivity index (χ1) is 9.75. The van der Waals surface area contributed by atoms with Crippen LogP contribution in [0.2, 0.25) is 0 Å². The molecule has 1 aliphatic rings.